The lowest BCUT2D eigenvalue weighted by atomic mass is 10.1. The molecule has 0 aliphatic rings. The standard InChI is InChI=1S/C16H19N3O4/c1-10-3-5-11(6-4-10)13-9-14(19-18-13)15(20)17-12(16(21)22)7-8-23-2/h3-6,9,12H,7-8H2,1-2H3,(H,17,20)(H,18,19)(H,21,22). The molecule has 0 saturated heterocycles. The molecule has 0 spiro atoms. The van der Waals surface area contributed by atoms with E-state index in [4.69, 9.17) is 9.84 Å². The van der Waals surface area contributed by atoms with E-state index < -0.39 is 17.9 Å². The SMILES string of the molecule is COCCC(NC(=O)c1cc(-c2ccc(C)cc2)n[nH]1)C(=O)O. The number of carbonyl (C=O) groups excluding carboxylic acids is 1. The van der Waals surface area contributed by atoms with Gasteiger partial charge in [0.05, 0.1) is 5.69 Å². The molecule has 7 nitrogen and oxygen atoms in total. The van der Waals surface area contributed by atoms with Crippen LogP contribution in [0.3, 0.4) is 0 Å². The first-order valence-electron chi connectivity index (χ1n) is 7.16. The van der Waals surface area contributed by atoms with Gasteiger partial charge in [-0.25, -0.2) is 4.79 Å². The van der Waals surface area contributed by atoms with Crippen LogP contribution in [-0.2, 0) is 9.53 Å². The second-order valence-corrected chi connectivity index (χ2v) is 5.18. The summed E-state index contributed by atoms with van der Waals surface area (Å²) < 4.78 is 4.85. The number of amides is 1. The van der Waals surface area contributed by atoms with Gasteiger partial charge in [-0.15, -0.1) is 0 Å². The van der Waals surface area contributed by atoms with Crippen molar-refractivity contribution < 1.29 is 19.4 Å². The molecule has 1 atom stereocenters. The summed E-state index contributed by atoms with van der Waals surface area (Å²) in [5, 5.41) is 18.3. The lowest BCUT2D eigenvalue weighted by Crippen LogP contribution is -2.41. The lowest BCUT2D eigenvalue weighted by molar-refractivity contribution is -0.139. The van der Waals surface area contributed by atoms with Crippen LogP contribution >= 0.6 is 0 Å². The zero-order valence-electron chi connectivity index (χ0n) is 13.0. The zero-order chi connectivity index (χ0) is 16.8. The fourth-order valence-corrected chi connectivity index (χ4v) is 2.04. The van der Waals surface area contributed by atoms with Gasteiger partial charge in [-0.1, -0.05) is 29.8 Å². The smallest absolute Gasteiger partial charge is 0.326 e. The van der Waals surface area contributed by atoms with Crippen molar-refractivity contribution in [2.24, 2.45) is 0 Å². The van der Waals surface area contributed by atoms with E-state index in [0.29, 0.717) is 5.69 Å². The van der Waals surface area contributed by atoms with Crippen molar-refractivity contribution in [2.45, 2.75) is 19.4 Å². The predicted octanol–water partition coefficient (Wildman–Crippen LogP) is 1.60. The first-order valence-corrected chi connectivity index (χ1v) is 7.16. The summed E-state index contributed by atoms with van der Waals surface area (Å²) in [5.74, 6) is -1.62. The van der Waals surface area contributed by atoms with Gasteiger partial charge in [0.2, 0.25) is 0 Å². The minimum absolute atomic E-state index is 0.191. The van der Waals surface area contributed by atoms with Crippen molar-refractivity contribution in [3.63, 3.8) is 0 Å². The molecule has 1 aromatic heterocycles. The van der Waals surface area contributed by atoms with Gasteiger partial charge in [-0.3, -0.25) is 9.89 Å². The number of ether oxygens (including phenoxy) is 1. The highest BCUT2D eigenvalue weighted by molar-refractivity contribution is 5.95. The van der Waals surface area contributed by atoms with Crippen LogP contribution in [0.5, 0.6) is 0 Å². The second kappa shape index (κ2) is 7.55. The molecule has 1 heterocycles. The summed E-state index contributed by atoms with van der Waals surface area (Å²) in [4.78, 5) is 23.3. The maximum absolute atomic E-state index is 12.1. The number of aryl methyl sites for hydroxylation is 1. The van der Waals surface area contributed by atoms with E-state index in [2.05, 4.69) is 15.5 Å². The van der Waals surface area contributed by atoms with Crippen molar-refractivity contribution in [1.29, 1.82) is 0 Å². The number of nitrogens with one attached hydrogen (secondary N) is 2. The Labute approximate surface area is 133 Å². The third-order valence-electron chi connectivity index (χ3n) is 3.38. The molecule has 7 heteroatoms. The van der Waals surface area contributed by atoms with Crippen molar-refractivity contribution >= 4 is 11.9 Å². The molecule has 0 saturated carbocycles. The number of carboxylic acid groups (broad SMARTS) is 1. The average molecular weight is 317 g/mol. The minimum atomic E-state index is -1.10. The van der Waals surface area contributed by atoms with Crippen LogP contribution in [0.25, 0.3) is 11.3 Å². The summed E-state index contributed by atoms with van der Waals surface area (Å²) in [5.41, 5.74) is 2.84. The molecule has 2 rings (SSSR count). The highest BCUT2D eigenvalue weighted by Crippen LogP contribution is 2.18. The maximum Gasteiger partial charge on any atom is 0.326 e. The third-order valence-corrected chi connectivity index (χ3v) is 3.38. The largest absolute Gasteiger partial charge is 0.480 e. The molecule has 23 heavy (non-hydrogen) atoms. The van der Waals surface area contributed by atoms with Gasteiger partial charge in [0.1, 0.15) is 11.7 Å². The molecular weight excluding hydrogens is 298 g/mol. The molecule has 0 fully saturated rings. The van der Waals surface area contributed by atoms with Gasteiger partial charge in [0.15, 0.2) is 0 Å². The van der Waals surface area contributed by atoms with Crippen molar-refractivity contribution in [2.75, 3.05) is 13.7 Å². The number of aromatic nitrogens is 2. The summed E-state index contributed by atoms with van der Waals surface area (Å²) in [6.45, 7) is 2.23. The van der Waals surface area contributed by atoms with E-state index in [1.807, 2.05) is 31.2 Å². The van der Waals surface area contributed by atoms with Crippen LogP contribution in [0.4, 0.5) is 0 Å². The van der Waals surface area contributed by atoms with Crippen LogP contribution < -0.4 is 5.32 Å². The summed E-state index contributed by atoms with van der Waals surface area (Å²) in [6.07, 6.45) is 0.191. The van der Waals surface area contributed by atoms with E-state index in [0.717, 1.165) is 11.1 Å². The van der Waals surface area contributed by atoms with Gasteiger partial charge in [0.25, 0.3) is 5.91 Å². The molecule has 1 unspecified atom stereocenters. The van der Waals surface area contributed by atoms with Gasteiger partial charge in [-0.05, 0) is 13.0 Å². The minimum Gasteiger partial charge on any atom is -0.480 e. The molecule has 2 aromatic rings. The molecule has 0 bridgehead atoms. The Balaban J connectivity index is 2.08. The highest BCUT2D eigenvalue weighted by Gasteiger charge is 2.21. The van der Waals surface area contributed by atoms with E-state index >= 15 is 0 Å². The number of methoxy groups -OCH3 is 1. The number of hydrogen-bond acceptors (Lipinski definition) is 4. The Morgan fingerprint density at radius 3 is 2.65 bits per heavy atom. The summed E-state index contributed by atoms with van der Waals surface area (Å²) in [6, 6.07) is 8.31. The summed E-state index contributed by atoms with van der Waals surface area (Å²) in [7, 11) is 1.48. The average Bonchev–Trinajstić information content (AvgIpc) is 3.01. The van der Waals surface area contributed by atoms with E-state index in [-0.39, 0.29) is 18.7 Å². The van der Waals surface area contributed by atoms with Gasteiger partial charge < -0.3 is 15.2 Å². The number of nitrogens with zero attached hydrogens (tertiary/aromatic N) is 1. The monoisotopic (exact) mass is 317 g/mol. The Kier molecular flexibility index (Phi) is 5.48. The van der Waals surface area contributed by atoms with Gasteiger partial charge in [0, 0.05) is 25.7 Å². The van der Waals surface area contributed by atoms with Gasteiger partial charge in [-0.2, -0.15) is 5.10 Å². The molecular formula is C16H19N3O4. The molecule has 0 aliphatic carbocycles. The number of rotatable bonds is 7. The Hall–Kier alpha value is -2.67. The quantitative estimate of drug-likeness (QED) is 0.719. The predicted molar refractivity (Wildman–Crippen MR) is 84.1 cm³/mol. The molecule has 122 valence electrons. The first-order chi connectivity index (χ1) is 11.0. The molecule has 1 amide bonds. The first kappa shape index (κ1) is 16.7. The van der Waals surface area contributed by atoms with Crippen LogP contribution in [-0.4, -0.2) is 46.9 Å². The van der Waals surface area contributed by atoms with E-state index in [1.54, 1.807) is 6.07 Å². The fraction of sp³-hybridized carbons (Fsp3) is 0.312. The Morgan fingerprint density at radius 2 is 2.04 bits per heavy atom. The van der Waals surface area contributed by atoms with Crippen LogP contribution in [0.2, 0.25) is 0 Å². The van der Waals surface area contributed by atoms with E-state index in [1.165, 1.54) is 7.11 Å². The highest BCUT2D eigenvalue weighted by atomic mass is 16.5. The molecule has 1 aromatic carbocycles. The number of aliphatic carboxylic acids is 1. The number of carboxylic acids is 1. The van der Waals surface area contributed by atoms with E-state index in [9.17, 15) is 9.59 Å². The number of hydrogen-bond donors (Lipinski definition) is 3. The van der Waals surface area contributed by atoms with Crippen LogP contribution in [0.15, 0.2) is 30.3 Å². The molecule has 0 aliphatic heterocycles. The third kappa shape index (κ3) is 4.40. The zero-order valence-corrected chi connectivity index (χ0v) is 13.0. The Bertz CT molecular complexity index is 679. The molecule has 3 N–H and O–H groups in total. The lowest BCUT2D eigenvalue weighted by Gasteiger charge is -2.12. The number of H-pyrrole nitrogens is 1. The number of benzene rings is 1. The van der Waals surface area contributed by atoms with Crippen LogP contribution in [0, 0.1) is 6.92 Å². The van der Waals surface area contributed by atoms with Crippen molar-refractivity contribution in [3.8, 4) is 11.3 Å². The van der Waals surface area contributed by atoms with Crippen LogP contribution in [0.1, 0.15) is 22.5 Å². The number of aromatic amines is 1. The molecule has 0 radical (unpaired) electrons. The van der Waals surface area contributed by atoms with Gasteiger partial charge >= 0.3 is 5.97 Å². The number of carbonyl (C=O) groups is 2. The Morgan fingerprint density at radius 1 is 1.35 bits per heavy atom. The normalized spacial score (nSPS) is 11.9. The van der Waals surface area contributed by atoms with Crippen molar-refractivity contribution in [3.05, 3.63) is 41.6 Å². The van der Waals surface area contributed by atoms with Crippen molar-refractivity contribution in [1.82, 2.24) is 15.5 Å². The summed E-state index contributed by atoms with van der Waals surface area (Å²) >= 11 is 0. The topological polar surface area (TPSA) is 104 Å². The maximum atomic E-state index is 12.1. The fourth-order valence-electron chi connectivity index (χ4n) is 2.04. The second-order valence-electron chi connectivity index (χ2n) is 5.18.